The molecule has 2 N–H and O–H groups in total. The second kappa shape index (κ2) is 8.56. The van der Waals surface area contributed by atoms with Crippen molar-refractivity contribution >= 4 is 17.5 Å². The summed E-state index contributed by atoms with van der Waals surface area (Å²) in [6.45, 7) is 2.79. The summed E-state index contributed by atoms with van der Waals surface area (Å²) in [6.07, 6.45) is 5.95. The number of carbonyl (C=O) groups is 2. The van der Waals surface area contributed by atoms with Crippen LogP contribution < -0.4 is 10.6 Å². The molecule has 0 aromatic heterocycles. The molecule has 2 amide bonds. The first-order chi connectivity index (χ1) is 11.1. The van der Waals surface area contributed by atoms with Crippen LogP contribution in [-0.4, -0.2) is 42.9 Å². The van der Waals surface area contributed by atoms with Crippen molar-refractivity contribution in [2.24, 2.45) is 0 Å². The molecule has 1 aliphatic carbocycles. The van der Waals surface area contributed by atoms with Crippen LogP contribution in [0.25, 0.3) is 0 Å². The van der Waals surface area contributed by atoms with Crippen LogP contribution in [0.2, 0.25) is 0 Å². The Morgan fingerprint density at radius 3 is 2.39 bits per heavy atom. The van der Waals surface area contributed by atoms with E-state index in [1.165, 1.54) is 19.3 Å². The summed E-state index contributed by atoms with van der Waals surface area (Å²) in [5, 5.41) is 5.90. The summed E-state index contributed by atoms with van der Waals surface area (Å²) >= 11 is 0. The van der Waals surface area contributed by atoms with Crippen LogP contribution in [0.3, 0.4) is 0 Å². The topological polar surface area (TPSA) is 61.4 Å². The van der Waals surface area contributed by atoms with Gasteiger partial charge in [-0.1, -0.05) is 19.3 Å². The van der Waals surface area contributed by atoms with Crippen molar-refractivity contribution in [1.29, 1.82) is 0 Å². The van der Waals surface area contributed by atoms with Gasteiger partial charge in [0.25, 0.3) is 5.91 Å². The highest BCUT2D eigenvalue weighted by Gasteiger charge is 2.21. The van der Waals surface area contributed by atoms with Gasteiger partial charge in [0.15, 0.2) is 0 Å². The monoisotopic (exact) mass is 317 g/mol. The molecule has 1 aliphatic rings. The number of nitrogens with zero attached hydrogens (tertiary/aromatic N) is 1. The van der Waals surface area contributed by atoms with Gasteiger partial charge in [-0.25, -0.2) is 0 Å². The minimum atomic E-state index is -0.0767. The van der Waals surface area contributed by atoms with E-state index in [0.29, 0.717) is 18.2 Å². The Balaban J connectivity index is 1.82. The third-order valence-electron chi connectivity index (χ3n) is 4.44. The van der Waals surface area contributed by atoms with Crippen LogP contribution in [0, 0.1) is 0 Å². The molecule has 2 rings (SSSR count). The molecule has 5 heteroatoms. The number of rotatable bonds is 6. The fourth-order valence-corrected chi connectivity index (χ4v) is 2.98. The third-order valence-corrected chi connectivity index (χ3v) is 4.44. The predicted molar refractivity (Wildman–Crippen MR) is 92.6 cm³/mol. The number of carbonyl (C=O) groups excluding carboxylic acids is 2. The van der Waals surface area contributed by atoms with Gasteiger partial charge in [0.1, 0.15) is 0 Å². The van der Waals surface area contributed by atoms with E-state index in [1.807, 2.05) is 31.0 Å². The Kier molecular flexibility index (Phi) is 6.44. The second-order valence-corrected chi connectivity index (χ2v) is 6.09. The van der Waals surface area contributed by atoms with Crippen molar-refractivity contribution in [1.82, 2.24) is 10.2 Å². The molecule has 0 atom stereocenters. The molecule has 0 unspecified atom stereocenters. The number of anilines is 1. The zero-order chi connectivity index (χ0) is 16.7. The van der Waals surface area contributed by atoms with Crippen molar-refractivity contribution in [2.45, 2.75) is 45.1 Å². The van der Waals surface area contributed by atoms with Crippen LogP contribution in [0.5, 0.6) is 0 Å². The lowest BCUT2D eigenvalue weighted by atomic mass is 9.94. The van der Waals surface area contributed by atoms with Crippen LogP contribution in [0.4, 0.5) is 5.69 Å². The lowest BCUT2D eigenvalue weighted by molar-refractivity contribution is -0.130. The highest BCUT2D eigenvalue weighted by Crippen LogP contribution is 2.21. The molecule has 0 aliphatic heterocycles. The fraction of sp³-hybridized carbons (Fsp3) is 0.556. The highest BCUT2D eigenvalue weighted by molar-refractivity contribution is 5.94. The predicted octanol–water partition coefficient (Wildman–Crippen LogP) is 2.64. The van der Waals surface area contributed by atoms with E-state index in [2.05, 4.69) is 10.6 Å². The van der Waals surface area contributed by atoms with Crippen LogP contribution >= 0.6 is 0 Å². The number of likely N-dealkylation sites (N-methyl/N-ethyl adjacent to an activating group) is 1. The summed E-state index contributed by atoms with van der Waals surface area (Å²) in [4.78, 5) is 25.9. The lowest BCUT2D eigenvalue weighted by Gasteiger charge is -2.31. The summed E-state index contributed by atoms with van der Waals surface area (Å²) in [5.74, 6) is 0.0388. The van der Waals surface area contributed by atoms with Gasteiger partial charge in [-0.15, -0.1) is 0 Å². The van der Waals surface area contributed by atoms with Gasteiger partial charge < -0.3 is 15.5 Å². The summed E-state index contributed by atoms with van der Waals surface area (Å²) < 4.78 is 0. The van der Waals surface area contributed by atoms with E-state index in [4.69, 9.17) is 0 Å². The number of nitrogens with one attached hydrogen (secondary N) is 2. The molecular formula is C18H27N3O2. The van der Waals surface area contributed by atoms with Crippen LogP contribution in [0.15, 0.2) is 24.3 Å². The van der Waals surface area contributed by atoms with Crippen molar-refractivity contribution in [3.05, 3.63) is 29.8 Å². The first-order valence-corrected chi connectivity index (χ1v) is 8.49. The second-order valence-electron chi connectivity index (χ2n) is 6.09. The standard InChI is InChI=1S/C18H27N3O2/c1-3-19-18(23)14-9-11-15(12-10-14)20-13-17(22)21(2)16-7-5-4-6-8-16/h9-12,16,20H,3-8,13H2,1-2H3,(H,19,23). The Morgan fingerprint density at radius 1 is 1.13 bits per heavy atom. The van der Waals surface area contributed by atoms with E-state index in [0.717, 1.165) is 18.5 Å². The Morgan fingerprint density at radius 2 is 1.78 bits per heavy atom. The molecule has 0 heterocycles. The summed E-state index contributed by atoms with van der Waals surface area (Å²) in [5.41, 5.74) is 1.48. The minimum absolute atomic E-state index is 0.0767. The molecule has 5 nitrogen and oxygen atoms in total. The van der Waals surface area contributed by atoms with Gasteiger partial charge in [-0.2, -0.15) is 0 Å². The van der Waals surface area contributed by atoms with E-state index in [1.54, 1.807) is 12.1 Å². The largest absolute Gasteiger partial charge is 0.376 e. The van der Waals surface area contributed by atoms with Crippen LogP contribution in [-0.2, 0) is 4.79 Å². The smallest absolute Gasteiger partial charge is 0.251 e. The van der Waals surface area contributed by atoms with Gasteiger partial charge in [-0.3, -0.25) is 9.59 Å². The minimum Gasteiger partial charge on any atom is -0.376 e. The Labute approximate surface area is 138 Å². The van der Waals surface area contributed by atoms with E-state index in [-0.39, 0.29) is 18.4 Å². The molecule has 0 spiro atoms. The van der Waals surface area contributed by atoms with Gasteiger partial charge in [0.05, 0.1) is 6.54 Å². The van der Waals surface area contributed by atoms with Gasteiger partial charge in [0.2, 0.25) is 5.91 Å². The van der Waals surface area contributed by atoms with Crippen molar-refractivity contribution in [2.75, 3.05) is 25.5 Å². The molecule has 0 saturated heterocycles. The lowest BCUT2D eigenvalue weighted by Crippen LogP contribution is -2.41. The summed E-state index contributed by atoms with van der Waals surface area (Å²) in [6, 6.07) is 7.58. The zero-order valence-electron chi connectivity index (χ0n) is 14.1. The van der Waals surface area contributed by atoms with Crippen molar-refractivity contribution in [3.8, 4) is 0 Å². The SMILES string of the molecule is CCNC(=O)c1ccc(NCC(=O)N(C)C2CCCCC2)cc1. The number of hydrogen-bond acceptors (Lipinski definition) is 3. The normalized spacial score (nSPS) is 15.0. The highest BCUT2D eigenvalue weighted by atomic mass is 16.2. The first kappa shape index (κ1) is 17.3. The van der Waals surface area contributed by atoms with E-state index < -0.39 is 0 Å². The molecule has 1 aromatic rings. The van der Waals surface area contributed by atoms with Crippen molar-refractivity contribution in [3.63, 3.8) is 0 Å². The van der Waals surface area contributed by atoms with E-state index >= 15 is 0 Å². The summed E-state index contributed by atoms with van der Waals surface area (Å²) in [7, 11) is 1.90. The number of benzene rings is 1. The maximum Gasteiger partial charge on any atom is 0.251 e. The quantitative estimate of drug-likeness (QED) is 0.848. The van der Waals surface area contributed by atoms with Gasteiger partial charge in [-0.05, 0) is 44.0 Å². The number of hydrogen-bond donors (Lipinski definition) is 2. The average Bonchev–Trinajstić information content (AvgIpc) is 2.60. The maximum absolute atomic E-state index is 12.3. The maximum atomic E-state index is 12.3. The van der Waals surface area contributed by atoms with E-state index in [9.17, 15) is 9.59 Å². The fourth-order valence-electron chi connectivity index (χ4n) is 2.98. The molecular weight excluding hydrogens is 290 g/mol. The molecule has 23 heavy (non-hydrogen) atoms. The molecule has 126 valence electrons. The molecule has 0 bridgehead atoms. The Bertz CT molecular complexity index is 522. The average molecular weight is 317 g/mol. The van der Waals surface area contributed by atoms with Crippen LogP contribution in [0.1, 0.15) is 49.4 Å². The van der Waals surface area contributed by atoms with Gasteiger partial charge in [0, 0.05) is 30.9 Å². The Hall–Kier alpha value is -2.04. The molecule has 1 saturated carbocycles. The third kappa shape index (κ3) is 4.98. The molecule has 1 aromatic carbocycles. The van der Waals surface area contributed by atoms with Gasteiger partial charge >= 0.3 is 0 Å². The zero-order valence-corrected chi connectivity index (χ0v) is 14.1. The molecule has 0 radical (unpaired) electrons. The number of amides is 2. The molecule has 1 fully saturated rings. The van der Waals surface area contributed by atoms with Crippen molar-refractivity contribution < 1.29 is 9.59 Å². The first-order valence-electron chi connectivity index (χ1n) is 8.49.